The summed E-state index contributed by atoms with van der Waals surface area (Å²) in [5.41, 5.74) is 3.12. The van der Waals surface area contributed by atoms with Gasteiger partial charge < -0.3 is 15.0 Å². The first-order chi connectivity index (χ1) is 16.8. The van der Waals surface area contributed by atoms with Gasteiger partial charge in [0.15, 0.2) is 6.61 Å². The topological polar surface area (TPSA) is 75.7 Å². The van der Waals surface area contributed by atoms with Crippen LogP contribution in [0.1, 0.15) is 73.4 Å². The highest BCUT2D eigenvalue weighted by atomic mass is 32.2. The highest BCUT2D eigenvalue weighted by molar-refractivity contribution is 8.00. The normalized spacial score (nSPS) is 14.0. The Kier molecular flexibility index (Phi) is 9.78. The molecule has 1 fully saturated rings. The van der Waals surface area contributed by atoms with Crippen molar-refractivity contribution in [2.45, 2.75) is 69.7 Å². The lowest BCUT2D eigenvalue weighted by molar-refractivity contribution is -0.129. The van der Waals surface area contributed by atoms with Crippen molar-refractivity contribution >= 4 is 35.2 Å². The number of thioether (sulfide) groups is 1. The molecule has 7 heteroatoms. The van der Waals surface area contributed by atoms with E-state index in [4.69, 9.17) is 4.74 Å². The van der Waals surface area contributed by atoms with Crippen LogP contribution in [0.4, 0.5) is 5.69 Å². The second-order valence-corrected chi connectivity index (χ2v) is 10.4. The first-order valence-corrected chi connectivity index (χ1v) is 13.3. The van der Waals surface area contributed by atoms with Gasteiger partial charge in [-0.25, -0.2) is 4.79 Å². The maximum Gasteiger partial charge on any atom is 0.339 e. The molecule has 0 spiro atoms. The summed E-state index contributed by atoms with van der Waals surface area (Å²) in [6, 6.07) is 13.2. The summed E-state index contributed by atoms with van der Waals surface area (Å²) >= 11 is 1.33. The highest BCUT2D eigenvalue weighted by Gasteiger charge is 2.23. The van der Waals surface area contributed by atoms with E-state index in [0.717, 1.165) is 29.7 Å². The second kappa shape index (κ2) is 12.8. The quantitative estimate of drug-likeness (QED) is 0.351. The van der Waals surface area contributed by atoms with Gasteiger partial charge in [0.25, 0.3) is 5.91 Å². The van der Waals surface area contributed by atoms with Gasteiger partial charge in [-0.1, -0.05) is 63.4 Å². The monoisotopic (exact) mass is 496 g/mol. The Morgan fingerprint density at radius 2 is 1.77 bits per heavy atom. The van der Waals surface area contributed by atoms with Crippen molar-refractivity contribution in [3.63, 3.8) is 0 Å². The summed E-state index contributed by atoms with van der Waals surface area (Å²) < 4.78 is 5.33. The molecule has 1 aliphatic carbocycles. The molecule has 1 aliphatic rings. The fourth-order valence-electron chi connectivity index (χ4n) is 4.40. The number of benzene rings is 2. The third-order valence-electron chi connectivity index (χ3n) is 6.50. The number of carbonyl (C=O) groups excluding carboxylic acids is 3. The first kappa shape index (κ1) is 26.8. The number of para-hydroxylation sites is 1. The highest BCUT2D eigenvalue weighted by Crippen LogP contribution is 2.28. The van der Waals surface area contributed by atoms with Gasteiger partial charge in [-0.3, -0.25) is 9.59 Å². The zero-order chi connectivity index (χ0) is 25.4. The molecular weight excluding hydrogens is 460 g/mol. The van der Waals surface area contributed by atoms with E-state index in [1.165, 1.54) is 31.0 Å². The maximum atomic E-state index is 12.8. The van der Waals surface area contributed by atoms with E-state index >= 15 is 0 Å². The van der Waals surface area contributed by atoms with Crippen LogP contribution >= 0.6 is 11.8 Å². The number of amides is 2. The predicted molar refractivity (Wildman–Crippen MR) is 141 cm³/mol. The predicted octanol–water partition coefficient (Wildman–Crippen LogP) is 5.80. The van der Waals surface area contributed by atoms with Crippen LogP contribution in [0.25, 0.3) is 0 Å². The van der Waals surface area contributed by atoms with Gasteiger partial charge in [-0.05, 0) is 48.9 Å². The van der Waals surface area contributed by atoms with Crippen molar-refractivity contribution in [3.05, 3.63) is 59.2 Å². The average Bonchev–Trinajstić information content (AvgIpc) is 2.87. The molecule has 1 N–H and O–H groups in total. The number of nitrogens with one attached hydrogen (secondary N) is 1. The maximum absolute atomic E-state index is 12.8. The van der Waals surface area contributed by atoms with Crippen LogP contribution in [0.5, 0.6) is 0 Å². The number of hydrogen-bond acceptors (Lipinski definition) is 5. The fourth-order valence-corrected chi connectivity index (χ4v) is 5.37. The molecule has 0 heterocycles. The van der Waals surface area contributed by atoms with E-state index in [9.17, 15) is 14.4 Å². The fraction of sp³-hybridized carbons (Fsp3) is 0.464. The minimum Gasteiger partial charge on any atom is -0.452 e. The van der Waals surface area contributed by atoms with Crippen LogP contribution in [0.15, 0.2) is 47.4 Å². The number of aryl methyl sites for hydroxylation is 1. The summed E-state index contributed by atoms with van der Waals surface area (Å²) in [7, 11) is 1.87. The smallest absolute Gasteiger partial charge is 0.339 e. The average molecular weight is 497 g/mol. The number of rotatable bonds is 9. The molecule has 0 aromatic heterocycles. The van der Waals surface area contributed by atoms with Gasteiger partial charge >= 0.3 is 5.97 Å². The van der Waals surface area contributed by atoms with Crippen LogP contribution in [-0.2, 0) is 14.3 Å². The molecule has 0 aliphatic heterocycles. The van der Waals surface area contributed by atoms with Gasteiger partial charge in [0.2, 0.25) is 5.91 Å². The Morgan fingerprint density at radius 1 is 1.06 bits per heavy atom. The Bertz CT molecular complexity index is 1050. The van der Waals surface area contributed by atoms with Crippen LogP contribution in [0.2, 0.25) is 0 Å². The SMILES string of the molecule is Cc1cccc(C(C)C)c1NC(=O)COC(=O)c1ccccc1SCC(=O)N(C)C1CCCCC1. The molecule has 1 saturated carbocycles. The molecular formula is C28H36N2O4S. The van der Waals surface area contributed by atoms with E-state index in [-0.39, 0.29) is 30.1 Å². The molecule has 0 radical (unpaired) electrons. The lowest BCUT2D eigenvalue weighted by Crippen LogP contribution is -2.39. The zero-order valence-corrected chi connectivity index (χ0v) is 22.0. The summed E-state index contributed by atoms with van der Waals surface area (Å²) in [6.45, 7) is 5.69. The molecule has 0 saturated heterocycles. The molecule has 188 valence electrons. The second-order valence-electron chi connectivity index (χ2n) is 9.40. The van der Waals surface area contributed by atoms with Gasteiger partial charge in [0.05, 0.1) is 11.3 Å². The van der Waals surface area contributed by atoms with Gasteiger partial charge in [0, 0.05) is 23.7 Å². The Labute approximate surface area is 212 Å². The number of ether oxygens (including phenoxy) is 1. The molecule has 2 amide bonds. The third-order valence-corrected chi connectivity index (χ3v) is 7.56. The lowest BCUT2D eigenvalue weighted by atomic mass is 9.94. The van der Waals surface area contributed by atoms with Gasteiger partial charge in [0.1, 0.15) is 0 Å². The van der Waals surface area contributed by atoms with Crippen LogP contribution in [0, 0.1) is 6.92 Å². The number of hydrogen-bond donors (Lipinski definition) is 1. The Morgan fingerprint density at radius 3 is 2.49 bits per heavy atom. The van der Waals surface area contributed by atoms with Crippen molar-refractivity contribution in [3.8, 4) is 0 Å². The first-order valence-electron chi connectivity index (χ1n) is 12.3. The van der Waals surface area contributed by atoms with Gasteiger partial charge in [-0.15, -0.1) is 11.8 Å². The summed E-state index contributed by atoms with van der Waals surface area (Å²) in [4.78, 5) is 40.6. The zero-order valence-electron chi connectivity index (χ0n) is 21.1. The van der Waals surface area contributed by atoms with Crippen molar-refractivity contribution in [1.82, 2.24) is 4.90 Å². The molecule has 6 nitrogen and oxygen atoms in total. The minimum atomic E-state index is -0.579. The van der Waals surface area contributed by atoms with E-state index in [1.54, 1.807) is 18.2 Å². The molecule has 35 heavy (non-hydrogen) atoms. The largest absolute Gasteiger partial charge is 0.452 e. The molecule has 0 atom stereocenters. The molecule has 2 aromatic rings. The van der Waals surface area contributed by atoms with Gasteiger partial charge in [-0.2, -0.15) is 0 Å². The number of esters is 1. The third kappa shape index (κ3) is 7.34. The van der Waals surface area contributed by atoms with Crippen molar-refractivity contribution in [2.75, 3.05) is 24.7 Å². The Balaban J connectivity index is 1.57. The number of carbonyl (C=O) groups is 3. The standard InChI is InChI=1S/C28H36N2O4S/c1-19(2)22-15-10-11-20(3)27(22)29-25(31)17-34-28(33)23-14-8-9-16-24(23)35-18-26(32)30(4)21-12-6-5-7-13-21/h8-11,14-16,19,21H,5-7,12-13,17-18H2,1-4H3,(H,29,31). The van der Waals surface area contributed by atoms with Crippen molar-refractivity contribution in [1.29, 1.82) is 0 Å². The molecule has 3 rings (SSSR count). The summed E-state index contributed by atoms with van der Waals surface area (Å²) in [6.07, 6.45) is 5.68. The molecule has 2 aromatic carbocycles. The van der Waals surface area contributed by atoms with E-state index < -0.39 is 5.97 Å². The van der Waals surface area contributed by atoms with Crippen LogP contribution in [-0.4, -0.2) is 48.1 Å². The number of nitrogens with zero attached hydrogens (tertiary/aromatic N) is 1. The molecule has 0 bridgehead atoms. The number of anilines is 1. The van der Waals surface area contributed by atoms with Crippen LogP contribution in [0.3, 0.4) is 0 Å². The van der Waals surface area contributed by atoms with Crippen molar-refractivity contribution in [2.24, 2.45) is 0 Å². The summed E-state index contributed by atoms with van der Waals surface area (Å²) in [5, 5.41) is 2.89. The van der Waals surface area contributed by atoms with E-state index in [1.807, 2.05) is 43.1 Å². The van der Waals surface area contributed by atoms with E-state index in [2.05, 4.69) is 19.2 Å². The Hall–Kier alpha value is -2.80. The van der Waals surface area contributed by atoms with Crippen molar-refractivity contribution < 1.29 is 19.1 Å². The van der Waals surface area contributed by atoms with E-state index in [0.29, 0.717) is 16.5 Å². The minimum absolute atomic E-state index is 0.0589. The molecule has 0 unspecified atom stereocenters. The summed E-state index contributed by atoms with van der Waals surface area (Å²) in [5.74, 6) is -0.405. The lowest BCUT2D eigenvalue weighted by Gasteiger charge is -2.31. The van der Waals surface area contributed by atoms with Crippen LogP contribution < -0.4 is 5.32 Å².